The van der Waals surface area contributed by atoms with Crippen LogP contribution < -0.4 is 19.7 Å². The van der Waals surface area contributed by atoms with Crippen molar-refractivity contribution in [3.8, 4) is 11.5 Å². The molecule has 1 aliphatic heterocycles. The third-order valence-corrected chi connectivity index (χ3v) is 6.64. The minimum Gasteiger partial charge on any atom is -0.454 e. The Morgan fingerprint density at radius 3 is 2.47 bits per heavy atom. The Bertz CT molecular complexity index is 1000. The number of hydrogen-bond donors (Lipinski definition) is 1. The number of aryl methyl sites for hydroxylation is 1. The summed E-state index contributed by atoms with van der Waals surface area (Å²) in [6.07, 6.45) is -0.692. The SMILES string of the molecule is Cc1ccc([C@H](C(=O)NC2CCCCC2)N(C(=O)C(F)(F)F)c2ccc3c(c2)OCO3)s1. The van der Waals surface area contributed by atoms with E-state index in [1.165, 1.54) is 29.5 Å². The van der Waals surface area contributed by atoms with Gasteiger partial charge in [0.1, 0.15) is 0 Å². The first-order chi connectivity index (χ1) is 15.2. The first kappa shape index (κ1) is 22.4. The van der Waals surface area contributed by atoms with Gasteiger partial charge in [-0.05, 0) is 44.0 Å². The molecule has 0 spiro atoms. The molecule has 6 nitrogen and oxygen atoms in total. The number of anilines is 1. The molecule has 10 heteroatoms. The van der Waals surface area contributed by atoms with Crippen LogP contribution in [0, 0.1) is 6.92 Å². The van der Waals surface area contributed by atoms with Gasteiger partial charge in [-0.25, -0.2) is 0 Å². The molecule has 1 aliphatic carbocycles. The second kappa shape index (κ2) is 9.01. The molecule has 32 heavy (non-hydrogen) atoms. The minimum absolute atomic E-state index is 0.0677. The van der Waals surface area contributed by atoms with Gasteiger partial charge >= 0.3 is 12.1 Å². The molecule has 2 aliphatic rings. The Balaban J connectivity index is 1.77. The predicted octanol–water partition coefficient (Wildman–Crippen LogP) is 4.87. The van der Waals surface area contributed by atoms with E-state index in [1.54, 1.807) is 19.1 Å². The number of nitrogens with one attached hydrogen (secondary N) is 1. The fourth-order valence-corrected chi connectivity index (χ4v) is 5.02. The van der Waals surface area contributed by atoms with E-state index in [9.17, 15) is 22.8 Å². The summed E-state index contributed by atoms with van der Waals surface area (Å²) in [6.45, 7) is 1.72. The molecule has 2 aromatic rings. The number of alkyl halides is 3. The Kier molecular flexibility index (Phi) is 6.32. The average Bonchev–Trinajstić information content (AvgIpc) is 3.39. The van der Waals surface area contributed by atoms with E-state index < -0.39 is 24.0 Å². The molecule has 0 saturated heterocycles. The van der Waals surface area contributed by atoms with Crippen LogP contribution in [0.2, 0.25) is 0 Å². The van der Waals surface area contributed by atoms with Crippen molar-refractivity contribution >= 4 is 28.8 Å². The summed E-state index contributed by atoms with van der Waals surface area (Å²) in [5.41, 5.74) is -0.0913. The highest BCUT2D eigenvalue weighted by Crippen LogP contribution is 2.40. The van der Waals surface area contributed by atoms with E-state index in [1.807, 2.05) is 0 Å². The smallest absolute Gasteiger partial charge is 0.454 e. The zero-order valence-corrected chi connectivity index (χ0v) is 18.2. The lowest BCUT2D eigenvalue weighted by atomic mass is 9.95. The zero-order valence-electron chi connectivity index (χ0n) is 17.4. The molecule has 1 saturated carbocycles. The number of rotatable bonds is 5. The van der Waals surface area contributed by atoms with Gasteiger partial charge in [-0.2, -0.15) is 13.2 Å². The van der Waals surface area contributed by atoms with Gasteiger partial charge in [0.05, 0.1) is 0 Å². The number of ether oxygens (including phenoxy) is 2. The predicted molar refractivity (Wildman–Crippen MR) is 113 cm³/mol. The van der Waals surface area contributed by atoms with E-state index >= 15 is 0 Å². The highest BCUT2D eigenvalue weighted by molar-refractivity contribution is 7.12. The summed E-state index contributed by atoms with van der Waals surface area (Å²) in [7, 11) is 0. The number of hydrogen-bond acceptors (Lipinski definition) is 5. The number of nitrogens with zero attached hydrogens (tertiary/aromatic N) is 1. The number of benzene rings is 1. The lowest BCUT2D eigenvalue weighted by Crippen LogP contribution is -2.50. The molecule has 172 valence electrons. The van der Waals surface area contributed by atoms with Crippen molar-refractivity contribution in [1.29, 1.82) is 0 Å². The van der Waals surface area contributed by atoms with E-state index in [4.69, 9.17) is 9.47 Å². The zero-order chi connectivity index (χ0) is 22.9. The number of carbonyl (C=O) groups is 2. The molecule has 1 atom stereocenters. The van der Waals surface area contributed by atoms with Crippen LogP contribution in [0.4, 0.5) is 18.9 Å². The highest BCUT2D eigenvalue weighted by Gasteiger charge is 2.48. The topological polar surface area (TPSA) is 67.9 Å². The van der Waals surface area contributed by atoms with Gasteiger partial charge in [0, 0.05) is 27.5 Å². The van der Waals surface area contributed by atoms with Crippen molar-refractivity contribution in [2.75, 3.05) is 11.7 Å². The van der Waals surface area contributed by atoms with Crippen LogP contribution in [0.1, 0.15) is 47.9 Å². The average molecular weight is 468 g/mol. The molecule has 0 unspecified atom stereocenters. The number of carbonyl (C=O) groups excluding carboxylic acids is 2. The molecule has 1 aromatic carbocycles. The number of thiophene rings is 1. The van der Waals surface area contributed by atoms with Crippen LogP contribution in [-0.2, 0) is 9.59 Å². The van der Waals surface area contributed by atoms with Crippen LogP contribution in [0.15, 0.2) is 30.3 Å². The first-order valence-corrected chi connectivity index (χ1v) is 11.2. The maximum absolute atomic E-state index is 13.7. The molecule has 4 rings (SSSR count). The lowest BCUT2D eigenvalue weighted by Gasteiger charge is -2.33. The van der Waals surface area contributed by atoms with E-state index in [0.717, 1.165) is 37.0 Å². The van der Waals surface area contributed by atoms with Crippen molar-refractivity contribution in [2.45, 2.75) is 57.3 Å². The van der Waals surface area contributed by atoms with Crippen LogP contribution in [0.5, 0.6) is 11.5 Å². The second-order valence-electron chi connectivity index (χ2n) is 7.90. The molecule has 1 N–H and O–H groups in total. The summed E-state index contributed by atoms with van der Waals surface area (Å²) in [5.74, 6) is -2.17. The van der Waals surface area contributed by atoms with Crippen molar-refractivity contribution in [2.24, 2.45) is 0 Å². The molecule has 1 aromatic heterocycles. The Labute approximate surface area is 187 Å². The van der Waals surface area contributed by atoms with Crippen LogP contribution in [0.25, 0.3) is 0 Å². The van der Waals surface area contributed by atoms with Gasteiger partial charge in [0.2, 0.25) is 12.7 Å². The standard InChI is InChI=1S/C22H23F3N2O4S/c1-13-7-10-18(32-13)19(20(28)26-14-5-3-2-4-6-14)27(21(29)22(23,24)25)15-8-9-16-17(11-15)31-12-30-16/h7-11,14,19H,2-6,12H2,1H3,(H,26,28)/t19-/m1/s1. The van der Waals surface area contributed by atoms with E-state index in [2.05, 4.69) is 5.32 Å². The Hall–Kier alpha value is -2.75. The molecule has 0 bridgehead atoms. The Morgan fingerprint density at radius 2 is 1.81 bits per heavy atom. The summed E-state index contributed by atoms with van der Waals surface area (Å²) < 4.78 is 51.6. The third kappa shape index (κ3) is 4.69. The molecule has 0 radical (unpaired) electrons. The van der Waals surface area contributed by atoms with E-state index in [0.29, 0.717) is 15.5 Å². The molecular formula is C22H23F3N2O4S. The van der Waals surface area contributed by atoms with Crippen LogP contribution >= 0.6 is 11.3 Å². The second-order valence-corrected chi connectivity index (χ2v) is 9.22. The van der Waals surface area contributed by atoms with Crippen LogP contribution in [-0.4, -0.2) is 30.8 Å². The largest absolute Gasteiger partial charge is 0.471 e. The van der Waals surface area contributed by atoms with Crippen molar-refractivity contribution < 1.29 is 32.2 Å². The van der Waals surface area contributed by atoms with E-state index in [-0.39, 0.29) is 24.3 Å². The molecule has 2 heterocycles. The molecular weight excluding hydrogens is 445 g/mol. The van der Waals surface area contributed by atoms with Gasteiger partial charge in [-0.15, -0.1) is 11.3 Å². The lowest BCUT2D eigenvalue weighted by molar-refractivity contribution is -0.171. The first-order valence-electron chi connectivity index (χ1n) is 10.4. The maximum atomic E-state index is 13.7. The third-order valence-electron chi connectivity index (χ3n) is 5.58. The van der Waals surface area contributed by atoms with Crippen molar-refractivity contribution in [1.82, 2.24) is 5.32 Å². The number of halogens is 3. The summed E-state index contributed by atoms with van der Waals surface area (Å²) in [4.78, 5) is 27.7. The van der Waals surface area contributed by atoms with Crippen molar-refractivity contribution in [3.63, 3.8) is 0 Å². The fourth-order valence-electron chi connectivity index (χ4n) is 4.06. The van der Waals surface area contributed by atoms with Gasteiger partial charge < -0.3 is 14.8 Å². The van der Waals surface area contributed by atoms with Gasteiger partial charge in [0.15, 0.2) is 17.5 Å². The summed E-state index contributed by atoms with van der Waals surface area (Å²) in [6, 6.07) is 5.78. The van der Waals surface area contributed by atoms with Gasteiger partial charge in [-0.1, -0.05) is 19.3 Å². The number of amides is 2. The highest BCUT2D eigenvalue weighted by atomic mass is 32.1. The normalized spacial score (nSPS) is 17.1. The number of fused-ring (bicyclic) bond motifs is 1. The summed E-state index contributed by atoms with van der Waals surface area (Å²) >= 11 is 1.18. The van der Waals surface area contributed by atoms with Gasteiger partial charge in [-0.3, -0.25) is 14.5 Å². The van der Waals surface area contributed by atoms with Gasteiger partial charge in [0.25, 0.3) is 0 Å². The minimum atomic E-state index is -5.17. The monoisotopic (exact) mass is 468 g/mol. The molecule has 1 fully saturated rings. The Morgan fingerprint density at radius 1 is 1.09 bits per heavy atom. The quantitative estimate of drug-likeness (QED) is 0.680. The van der Waals surface area contributed by atoms with Crippen molar-refractivity contribution in [3.05, 3.63) is 40.1 Å². The summed E-state index contributed by atoms with van der Waals surface area (Å²) in [5, 5.41) is 2.89. The maximum Gasteiger partial charge on any atom is 0.471 e. The molecule has 2 amide bonds. The van der Waals surface area contributed by atoms with Crippen LogP contribution in [0.3, 0.4) is 0 Å². The fraction of sp³-hybridized carbons (Fsp3) is 0.455.